The number of benzene rings is 11. The second kappa shape index (κ2) is 22.2. The molecular formula is C87H77N5O. The number of fused-ring (bicyclic) bond motifs is 8. The summed E-state index contributed by atoms with van der Waals surface area (Å²) in [5.74, 6) is 0.193. The molecule has 11 aromatic carbocycles. The molecule has 456 valence electrons. The first-order chi connectivity index (χ1) is 64.8. The third kappa shape index (κ3) is 10.1. The summed E-state index contributed by atoms with van der Waals surface area (Å²) in [6.45, 7) is -36.9. The third-order valence-electron chi connectivity index (χ3n) is 16.4. The number of hydrogen-bond acceptors (Lipinski definition) is 4. The molecule has 0 fully saturated rings. The molecular weight excluding hydrogens is 1130 g/mol. The Kier molecular flexibility index (Phi) is 6.18. The van der Waals surface area contributed by atoms with Gasteiger partial charge in [-0.15, -0.1) is 0 Å². The maximum absolute atomic E-state index is 10.6. The fraction of sp³-hybridized carbons (Fsp3) is 0.184. The van der Waals surface area contributed by atoms with Gasteiger partial charge in [-0.25, -0.2) is 4.98 Å². The molecule has 0 radical (unpaired) electrons. The van der Waals surface area contributed by atoms with Gasteiger partial charge in [-0.3, -0.25) is 4.57 Å². The van der Waals surface area contributed by atoms with Crippen LogP contribution < -0.4 is 15.4 Å². The predicted octanol–water partition coefficient (Wildman–Crippen LogP) is 23.9. The van der Waals surface area contributed by atoms with Gasteiger partial charge in [-0.05, 0) is 140 Å². The van der Waals surface area contributed by atoms with Crippen LogP contribution in [0, 0.1) is 0 Å². The van der Waals surface area contributed by atoms with Crippen LogP contribution in [0.3, 0.4) is 0 Å². The fourth-order valence-corrected chi connectivity index (χ4v) is 12.1. The maximum Gasteiger partial charge on any atom is 0.139 e. The van der Waals surface area contributed by atoms with E-state index in [-0.39, 0.29) is 78.3 Å². The predicted molar refractivity (Wildman–Crippen MR) is 391 cm³/mol. The van der Waals surface area contributed by atoms with Crippen LogP contribution in [0.4, 0.5) is 22.7 Å². The lowest BCUT2D eigenvalue weighted by molar-refractivity contribution is 0.332. The van der Waals surface area contributed by atoms with Crippen LogP contribution in [0.2, 0.25) is 0 Å². The van der Waals surface area contributed by atoms with Crippen molar-refractivity contribution in [2.24, 2.45) is 0 Å². The topological polar surface area (TPSA) is 56.0 Å². The van der Waals surface area contributed by atoms with Crippen LogP contribution in [0.25, 0.3) is 99.6 Å². The summed E-state index contributed by atoms with van der Waals surface area (Å²) in [4.78, 5) is 5.02. The van der Waals surface area contributed by atoms with Gasteiger partial charge in [-0.2, -0.15) is 0 Å². The normalized spacial score (nSPS) is 26.0. The molecule has 14 aromatic rings. The number of ether oxygens (including phenoxy) is 1. The Hall–Kier alpha value is -10.4. The van der Waals surface area contributed by atoms with Crippen LogP contribution in [-0.2, 0) is 21.7 Å². The first kappa shape index (κ1) is 25.9. The highest BCUT2D eigenvalue weighted by Crippen LogP contribution is 2.52. The Labute approximate surface area is 613 Å². The van der Waals surface area contributed by atoms with E-state index in [0.29, 0.717) is 27.7 Å². The summed E-state index contributed by atoms with van der Waals surface area (Å²) in [7, 11) is 0. The molecule has 0 spiro atoms. The molecule has 0 aliphatic heterocycles. The highest BCUT2D eigenvalue weighted by molar-refractivity contribution is 6.12. The molecule has 2 aliphatic rings. The number of para-hydroxylation sites is 6. The summed E-state index contributed by atoms with van der Waals surface area (Å²) < 4.78 is 455. The van der Waals surface area contributed by atoms with Crippen molar-refractivity contribution in [2.75, 3.05) is 10.6 Å². The zero-order chi connectivity index (χ0) is 104. The number of pyridine rings is 1. The van der Waals surface area contributed by atoms with Crippen molar-refractivity contribution in [1.82, 2.24) is 14.1 Å². The number of nitrogens with zero attached hydrogens (tertiary/aromatic N) is 3. The zero-order valence-corrected chi connectivity index (χ0v) is 48.3. The fourth-order valence-electron chi connectivity index (χ4n) is 12.1. The molecule has 2 N–H and O–H groups in total. The van der Waals surface area contributed by atoms with E-state index in [9.17, 15) is 35.6 Å². The summed E-state index contributed by atoms with van der Waals surface area (Å²) >= 11 is 0. The first-order valence-corrected chi connectivity index (χ1v) is 28.9. The van der Waals surface area contributed by atoms with Crippen LogP contribution in [-0.4, -0.2) is 14.1 Å². The number of nitrogens with one attached hydrogen (secondary N) is 2. The summed E-state index contributed by atoms with van der Waals surface area (Å²) in [5.41, 5.74) is -31.6. The quantitative estimate of drug-likeness (QED) is 0.128. The van der Waals surface area contributed by atoms with Gasteiger partial charge in [0.05, 0.1) is 66.7 Å². The maximum atomic E-state index is 10.6. The molecule has 0 bridgehead atoms. The molecule has 93 heavy (non-hydrogen) atoms. The minimum atomic E-state index is -4.91. The van der Waals surface area contributed by atoms with Crippen molar-refractivity contribution in [1.29, 1.82) is 0 Å². The highest BCUT2D eigenvalue weighted by atomic mass is 16.5. The number of aromatic nitrogens is 3. The van der Waals surface area contributed by atoms with Crippen molar-refractivity contribution in [3.05, 3.63) is 283 Å². The highest BCUT2D eigenvalue weighted by Gasteiger charge is 2.39. The first-order valence-electron chi connectivity index (χ1n) is 52.9. The molecule has 0 saturated carbocycles. The molecule has 6 nitrogen and oxygen atoms in total. The van der Waals surface area contributed by atoms with Crippen molar-refractivity contribution in [2.45, 2.75) is 102 Å². The molecule has 6 heteroatoms. The van der Waals surface area contributed by atoms with Crippen molar-refractivity contribution >= 4 is 66.4 Å². The molecule has 0 amide bonds. The summed E-state index contributed by atoms with van der Waals surface area (Å²) in [6.07, 6.45) is -18.2. The van der Waals surface area contributed by atoms with Gasteiger partial charge in [0, 0.05) is 118 Å². The van der Waals surface area contributed by atoms with E-state index in [4.69, 9.17) is 39.9 Å². The molecule has 2 aliphatic carbocycles. The van der Waals surface area contributed by atoms with Gasteiger partial charge in [-0.1, -0.05) is 242 Å². The number of anilines is 4. The second-order valence-electron chi connectivity index (χ2n) is 22.3. The Morgan fingerprint density at radius 2 is 0.892 bits per heavy atom. The average molecular weight is 1260 g/mol. The summed E-state index contributed by atoms with van der Waals surface area (Å²) in [5, 5.41) is 7.81. The van der Waals surface area contributed by atoms with Crippen LogP contribution in [0.1, 0.15) is 168 Å². The Bertz CT molecular complexity index is 7240. The van der Waals surface area contributed by atoms with Crippen molar-refractivity contribution in [3.63, 3.8) is 0 Å². The monoisotopic (exact) mass is 1260 g/mol. The van der Waals surface area contributed by atoms with E-state index in [1.54, 1.807) is 95.6 Å². The molecule has 0 atom stereocenters. The van der Waals surface area contributed by atoms with Gasteiger partial charge in [0.1, 0.15) is 17.3 Å². The van der Waals surface area contributed by atoms with E-state index >= 15 is 0 Å². The zero-order valence-electron chi connectivity index (χ0n) is 96.3. The average Bonchev–Trinajstić information content (AvgIpc) is 0.664. The van der Waals surface area contributed by atoms with Gasteiger partial charge in [0.2, 0.25) is 0 Å². The lowest BCUT2D eigenvalue weighted by Gasteiger charge is -2.42. The van der Waals surface area contributed by atoms with E-state index < -0.39 is 249 Å². The third-order valence-corrected chi connectivity index (χ3v) is 16.4. The molecule has 0 unspecified atom stereocenters. The van der Waals surface area contributed by atoms with Gasteiger partial charge >= 0.3 is 0 Å². The molecule has 3 aromatic heterocycles. The van der Waals surface area contributed by atoms with Crippen molar-refractivity contribution in [3.8, 4) is 67.5 Å². The molecule has 0 saturated heterocycles. The Morgan fingerprint density at radius 1 is 0.409 bits per heavy atom. The summed E-state index contributed by atoms with van der Waals surface area (Å²) in [6, 6.07) is 21.5. The van der Waals surface area contributed by atoms with Crippen LogP contribution >= 0.6 is 0 Å². The molecule has 16 rings (SSSR count). The van der Waals surface area contributed by atoms with E-state index in [1.807, 2.05) is 0 Å². The van der Waals surface area contributed by atoms with Gasteiger partial charge in [0.25, 0.3) is 0 Å². The van der Waals surface area contributed by atoms with E-state index in [0.717, 1.165) is 22.8 Å². The lowest BCUT2D eigenvalue weighted by atomic mass is 9.62. The Morgan fingerprint density at radius 3 is 1.48 bits per heavy atom. The lowest BCUT2D eigenvalue weighted by Crippen LogP contribution is -2.33. The number of hydrogen-bond donors (Lipinski definition) is 2. The Balaban J connectivity index is 0.958. The smallest absolute Gasteiger partial charge is 0.139 e. The standard InChI is InChI=1S/C87H77N5O/c1-84(2)46-48-86(5,6)73-50-58(40-44-71(73)84)65-34-23-35-66(59-41-45-72-74(51-59)87(7,8)49-47-85(72,3)4)83(65)92-78-39-20-16-31-68(78)70-55-88-81(54-80(70)92)91-77-38-19-15-30-67(77)69-43-42-62(53-79(69)91)93-61-29-21-28-60(52-61)89-75-36-17-18-37-76(75)90-82-63(56-24-11-9-12-25-56)32-22-33-64(82)57-26-13-10-14-27-57/h9-45,50-55,89-90H,46-49H2,1-8H3/i1D3,2D3,3D3,4D3,5D3,6D3,7D3,8D3,9D,10D,11D,12D,13D,14D,24D,25D,26D,27D,40D,41D,44D,45D,46D2,47D2,48D2,49D2,50D,51D. The van der Waals surface area contributed by atoms with Crippen LogP contribution in [0.15, 0.2) is 261 Å². The number of rotatable bonds is 12. The minimum absolute atomic E-state index is 0.0200. The SMILES string of the molecule is [2H]c1c([2H])c([2H])c(-c2cccc(-c3c([2H])c([2H])c([2H])c([2H])c3[2H])c2Nc2ccccc2Nc2cccc(Oc3ccc4c5ccccc5n(-c5cc6c(cn5)c5ccccc5n6-c5c(-c6c([2H])c([2H])c7c(c6[2H])C(C([2H])([2H])[2H])(C([2H])([2H])[2H])C([2H])([2H])C([2H])([2H])C7(C([2H])([2H])[2H])C([2H])([2H])[2H])cccc5-c5c([2H])c([2H])c6c(c5[2H])C(C([2H])([2H])[2H])(C([2H])([2H])[2H])C([2H])([2H])C([2H])([2H])C6(C([2H])([2H])[2H])C([2H])([2H])[2H])c4c3)c2)c([2H])c1[2H]. The minimum Gasteiger partial charge on any atom is -0.457 e. The second-order valence-corrected chi connectivity index (χ2v) is 22.3. The molecule has 3 heterocycles. The van der Waals surface area contributed by atoms with E-state index in [2.05, 4.69) is 10.6 Å². The van der Waals surface area contributed by atoms with Crippen molar-refractivity contribution < 1.29 is 70.5 Å². The largest absolute Gasteiger partial charge is 0.457 e. The van der Waals surface area contributed by atoms with Gasteiger partial charge < -0.3 is 19.9 Å². The van der Waals surface area contributed by atoms with Gasteiger partial charge in [0.15, 0.2) is 0 Å². The van der Waals surface area contributed by atoms with E-state index in [1.165, 1.54) is 54.7 Å². The van der Waals surface area contributed by atoms with Crippen LogP contribution in [0.5, 0.6) is 11.5 Å².